The molecule has 2 heterocycles. The van der Waals surface area contributed by atoms with Crippen molar-refractivity contribution in [2.75, 3.05) is 0 Å². The number of thiophene rings is 1. The van der Waals surface area contributed by atoms with Gasteiger partial charge in [0.25, 0.3) is 0 Å². The lowest BCUT2D eigenvalue weighted by Crippen LogP contribution is -2.09. The monoisotopic (exact) mass is 238 g/mol. The van der Waals surface area contributed by atoms with Gasteiger partial charge >= 0.3 is 0 Å². The highest BCUT2D eigenvalue weighted by Gasteiger charge is 2.01. The van der Waals surface area contributed by atoms with Crippen LogP contribution >= 0.6 is 22.9 Å². The summed E-state index contributed by atoms with van der Waals surface area (Å²) in [5, 5.41) is 0.531. The van der Waals surface area contributed by atoms with Crippen molar-refractivity contribution < 1.29 is 0 Å². The molecule has 2 aromatic heterocycles. The van der Waals surface area contributed by atoms with Crippen LogP contribution in [-0.4, -0.2) is 11.0 Å². The molecule has 0 fully saturated rings. The van der Waals surface area contributed by atoms with Crippen molar-refractivity contribution in [2.45, 2.75) is 13.0 Å². The third-order valence-electron chi connectivity index (χ3n) is 1.92. The number of nitrogens with two attached hydrogens (primary N) is 1. The lowest BCUT2D eigenvalue weighted by atomic mass is 10.3. The van der Waals surface area contributed by atoms with Gasteiger partial charge in [-0.3, -0.25) is 0 Å². The van der Waals surface area contributed by atoms with Crippen molar-refractivity contribution in [3.05, 3.63) is 34.3 Å². The Bertz CT molecular complexity index is 502. The molecule has 0 radical (unpaired) electrons. The molecule has 2 aromatic rings. The van der Waals surface area contributed by atoms with Gasteiger partial charge in [0.2, 0.25) is 0 Å². The van der Waals surface area contributed by atoms with Gasteiger partial charge < -0.3 is 5.73 Å². The molecule has 0 aliphatic carbocycles. The van der Waals surface area contributed by atoms with E-state index in [0.717, 1.165) is 15.1 Å². The molecule has 0 aliphatic rings. The van der Waals surface area contributed by atoms with Gasteiger partial charge in [-0.25, -0.2) is 4.98 Å². The summed E-state index contributed by atoms with van der Waals surface area (Å²) in [6.45, 7) is 1.94. The fraction of sp³-hybridized carbons (Fsp3) is 0.182. The molecule has 4 heteroatoms. The zero-order valence-electron chi connectivity index (χ0n) is 8.27. The van der Waals surface area contributed by atoms with Crippen molar-refractivity contribution in [1.82, 2.24) is 4.98 Å². The van der Waals surface area contributed by atoms with E-state index in [-0.39, 0.29) is 6.04 Å². The van der Waals surface area contributed by atoms with E-state index in [1.165, 1.54) is 0 Å². The highest BCUT2D eigenvalue weighted by Crippen LogP contribution is 2.26. The largest absolute Gasteiger partial charge is 0.325 e. The Morgan fingerprint density at radius 2 is 2.33 bits per heavy atom. The molecule has 0 saturated carbocycles. The van der Waals surface area contributed by atoms with Crippen LogP contribution < -0.4 is 5.73 Å². The standard InChI is InChI=1S/C11H11ClN2S/c1-7(13)2-3-8-6-9-10(15-8)4-5-11(12)14-9/h2-7H,13H2,1H3/b3-2+. The second-order valence-corrected chi connectivity index (χ2v) is 4.89. The minimum Gasteiger partial charge on any atom is -0.325 e. The molecule has 2 nitrogen and oxygen atoms in total. The predicted molar refractivity (Wildman–Crippen MR) is 67.3 cm³/mol. The summed E-state index contributed by atoms with van der Waals surface area (Å²) in [6, 6.07) is 5.88. The first-order valence-corrected chi connectivity index (χ1v) is 5.84. The zero-order valence-corrected chi connectivity index (χ0v) is 9.85. The smallest absolute Gasteiger partial charge is 0.129 e. The summed E-state index contributed by atoms with van der Waals surface area (Å²) in [5.41, 5.74) is 6.58. The van der Waals surface area contributed by atoms with E-state index in [1.54, 1.807) is 17.4 Å². The van der Waals surface area contributed by atoms with Crippen molar-refractivity contribution >= 4 is 39.2 Å². The number of rotatable bonds is 2. The Balaban J connectivity index is 2.39. The van der Waals surface area contributed by atoms with Gasteiger partial charge in [-0.1, -0.05) is 17.7 Å². The first-order chi connectivity index (χ1) is 7.15. The normalized spacial score (nSPS) is 13.8. The fourth-order valence-corrected chi connectivity index (χ4v) is 2.32. The van der Waals surface area contributed by atoms with Gasteiger partial charge in [0.15, 0.2) is 0 Å². The molecule has 1 unspecified atom stereocenters. The number of halogens is 1. The molecule has 0 bridgehead atoms. The summed E-state index contributed by atoms with van der Waals surface area (Å²) < 4.78 is 1.14. The fourth-order valence-electron chi connectivity index (χ4n) is 1.25. The average molecular weight is 239 g/mol. The highest BCUT2D eigenvalue weighted by atomic mass is 35.5. The number of aromatic nitrogens is 1. The molecule has 2 rings (SSSR count). The Labute approximate surface area is 97.4 Å². The summed E-state index contributed by atoms with van der Waals surface area (Å²) in [5.74, 6) is 0. The average Bonchev–Trinajstić information content (AvgIpc) is 2.56. The number of hydrogen-bond donors (Lipinski definition) is 1. The van der Waals surface area contributed by atoms with Gasteiger partial charge in [-0.2, -0.15) is 0 Å². The van der Waals surface area contributed by atoms with Gasteiger partial charge in [-0.15, -0.1) is 11.3 Å². The first kappa shape index (κ1) is 10.6. The minimum absolute atomic E-state index is 0.0757. The van der Waals surface area contributed by atoms with Gasteiger partial charge in [0.05, 0.1) is 10.2 Å². The Morgan fingerprint density at radius 3 is 3.07 bits per heavy atom. The van der Waals surface area contributed by atoms with E-state index in [1.807, 2.05) is 31.2 Å². The van der Waals surface area contributed by atoms with E-state index in [2.05, 4.69) is 4.98 Å². The minimum atomic E-state index is 0.0757. The van der Waals surface area contributed by atoms with Crippen molar-refractivity contribution in [2.24, 2.45) is 5.73 Å². The van der Waals surface area contributed by atoms with Crippen LogP contribution in [0.25, 0.3) is 16.3 Å². The summed E-state index contributed by atoms with van der Waals surface area (Å²) in [6.07, 6.45) is 3.98. The number of pyridine rings is 1. The zero-order chi connectivity index (χ0) is 10.8. The molecular formula is C11H11ClN2S. The second kappa shape index (κ2) is 4.31. The summed E-state index contributed by atoms with van der Waals surface area (Å²) >= 11 is 7.50. The van der Waals surface area contributed by atoms with E-state index in [9.17, 15) is 0 Å². The summed E-state index contributed by atoms with van der Waals surface area (Å²) in [7, 11) is 0. The van der Waals surface area contributed by atoms with Crippen LogP contribution in [0.15, 0.2) is 24.3 Å². The van der Waals surface area contributed by atoms with Gasteiger partial charge in [0.1, 0.15) is 5.15 Å². The lowest BCUT2D eigenvalue weighted by Gasteiger charge is -1.91. The Hall–Kier alpha value is -0.900. The Morgan fingerprint density at radius 1 is 1.53 bits per heavy atom. The third-order valence-corrected chi connectivity index (χ3v) is 3.19. The molecule has 0 aliphatic heterocycles. The SMILES string of the molecule is CC(N)/C=C/c1cc2nc(Cl)ccc2s1. The van der Waals surface area contributed by atoms with E-state index >= 15 is 0 Å². The van der Waals surface area contributed by atoms with Gasteiger partial charge in [-0.05, 0) is 31.2 Å². The van der Waals surface area contributed by atoms with Crippen LogP contribution in [0.5, 0.6) is 0 Å². The quantitative estimate of drug-likeness (QED) is 0.816. The maximum atomic E-state index is 5.81. The predicted octanol–water partition coefficient (Wildman–Crippen LogP) is 3.31. The van der Waals surface area contributed by atoms with E-state index in [4.69, 9.17) is 17.3 Å². The molecule has 0 saturated heterocycles. The molecule has 78 valence electrons. The van der Waals surface area contributed by atoms with Crippen LogP contribution in [0.4, 0.5) is 0 Å². The molecule has 1 atom stereocenters. The molecule has 0 amide bonds. The maximum Gasteiger partial charge on any atom is 0.129 e. The molecule has 15 heavy (non-hydrogen) atoms. The lowest BCUT2D eigenvalue weighted by molar-refractivity contribution is 0.931. The van der Waals surface area contributed by atoms with Crippen molar-refractivity contribution in [1.29, 1.82) is 0 Å². The van der Waals surface area contributed by atoms with E-state index < -0.39 is 0 Å². The third kappa shape index (κ3) is 2.56. The van der Waals surface area contributed by atoms with Crippen LogP contribution in [0.1, 0.15) is 11.8 Å². The second-order valence-electron chi connectivity index (χ2n) is 3.38. The van der Waals surface area contributed by atoms with Crippen LogP contribution in [0, 0.1) is 0 Å². The molecule has 0 spiro atoms. The van der Waals surface area contributed by atoms with Crippen molar-refractivity contribution in [3.8, 4) is 0 Å². The molecule has 0 aromatic carbocycles. The Kier molecular flexibility index (Phi) is 3.05. The topological polar surface area (TPSA) is 38.9 Å². The number of nitrogens with zero attached hydrogens (tertiary/aromatic N) is 1. The molecular weight excluding hydrogens is 228 g/mol. The van der Waals surface area contributed by atoms with Crippen LogP contribution in [-0.2, 0) is 0 Å². The van der Waals surface area contributed by atoms with Crippen LogP contribution in [0.2, 0.25) is 5.15 Å². The van der Waals surface area contributed by atoms with Crippen molar-refractivity contribution in [3.63, 3.8) is 0 Å². The summed E-state index contributed by atoms with van der Waals surface area (Å²) in [4.78, 5) is 5.38. The number of fused-ring (bicyclic) bond motifs is 1. The first-order valence-electron chi connectivity index (χ1n) is 4.65. The highest BCUT2D eigenvalue weighted by molar-refractivity contribution is 7.19. The molecule has 2 N–H and O–H groups in total. The maximum absolute atomic E-state index is 5.81. The van der Waals surface area contributed by atoms with Gasteiger partial charge in [0, 0.05) is 10.9 Å². The van der Waals surface area contributed by atoms with Crippen LogP contribution in [0.3, 0.4) is 0 Å². The number of hydrogen-bond acceptors (Lipinski definition) is 3. The van der Waals surface area contributed by atoms with E-state index in [0.29, 0.717) is 5.15 Å².